The molecule has 2 aromatic heterocycles. The zero-order valence-corrected chi connectivity index (χ0v) is 18.7. The van der Waals surface area contributed by atoms with Gasteiger partial charge in [-0.05, 0) is 36.1 Å². The molecule has 34 heavy (non-hydrogen) atoms. The predicted octanol–water partition coefficient (Wildman–Crippen LogP) is 1.46. The van der Waals surface area contributed by atoms with Crippen LogP contribution in [0.2, 0.25) is 0 Å². The van der Waals surface area contributed by atoms with Crippen LogP contribution in [0.1, 0.15) is 29.8 Å². The van der Waals surface area contributed by atoms with Crippen LogP contribution in [0.5, 0.6) is 0 Å². The summed E-state index contributed by atoms with van der Waals surface area (Å²) < 4.78 is 62.3. The quantitative estimate of drug-likeness (QED) is 0.526. The Morgan fingerprint density at radius 1 is 1.06 bits per heavy atom. The van der Waals surface area contributed by atoms with Crippen molar-refractivity contribution in [2.45, 2.75) is 31.3 Å². The molecule has 1 fully saturated rings. The van der Waals surface area contributed by atoms with Crippen molar-refractivity contribution in [1.82, 2.24) is 25.1 Å². The second-order valence-electron chi connectivity index (χ2n) is 8.09. The number of benzene rings is 1. The number of amides is 1. The molecule has 4 rings (SSSR count). The monoisotopic (exact) mass is 497 g/mol. The Hall–Kier alpha value is -3.26. The molecule has 10 nitrogen and oxygen atoms in total. The number of hydrogen-bond donors (Lipinski definition) is 2. The number of anilines is 1. The van der Waals surface area contributed by atoms with Crippen molar-refractivity contribution in [3.63, 3.8) is 0 Å². The van der Waals surface area contributed by atoms with Crippen LogP contribution < -0.4 is 15.4 Å². The van der Waals surface area contributed by atoms with Gasteiger partial charge in [-0.25, -0.2) is 13.6 Å². The minimum atomic E-state index is -4.67. The molecule has 3 heterocycles. The Bertz CT molecular complexity index is 1280. The van der Waals surface area contributed by atoms with Gasteiger partial charge in [0.1, 0.15) is 5.82 Å². The maximum absolute atomic E-state index is 13.1. The van der Waals surface area contributed by atoms with Crippen molar-refractivity contribution in [1.29, 1.82) is 0 Å². The van der Waals surface area contributed by atoms with E-state index in [9.17, 15) is 26.4 Å². The number of nitrogens with zero attached hydrogens (tertiary/aromatic N) is 5. The van der Waals surface area contributed by atoms with Crippen LogP contribution in [0.3, 0.4) is 0 Å². The van der Waals surface area contributed by atoms with Gasteiger partial charge in [-0.1, -0.05) is 24.3 Å². The maximum Gasteiger partial charge on any atom is 0.453 e. The Kier molecular flexibility index (Phi) is 6.45. The fraction of sp³-hybridized carbons (Fsp3) is 0.400. The molecule has 1 saturated heterocycles. The zero-order valence-electron chi connectivity index (χ0n) is 17.9. The van der Waals surface area contributed by atoms with Crippen molar-refractivity contribution in [2.24, 2.45) is 11.1 Å². The van der Waals surface area contributed by atoms with Crippen LogP contribution in [-0.2, 0) is 33.3 Å². The first-order chi connectivity index (χ1) is 16.0. The number of hydrogen-bond acceptors (Lipinski definition) is 7. The molecule has 0 spiro atoms. The van der Waals surface area contributed by atoms with Gasteiger partial charge in [0.15, 0.2) is 5.65 Å². The molecule has 3 N–H and O–H groups in total. The lowest BCUT2D eigenvalue weighted by Gasteiger charge is -2.32. The van der Waals surface area contributed by atoms with Gasteiger partial charge in [-0.15, -0.1) is 15.3 Å². The lowest BCUT2D eigenvalue weighted by Crippen LogP contribution is -2.40. The van der Waals surface area contributed by atoms with Crippen molar-refractivity contribution in [3.8, 4) is 0 Å². The van der Waals surface area contributed by atoms with E-state index in [0.29, 0.717) is 48.4 Å². The Balaban J connectivity index is 1.32. The number of nitrogens with one attached hydrogen (secondary N) is 1. The lowest BCUT2D eigenvalue weighted by molar-refractivity contribution is -0.146. The molecule has 0 aliphatic carbocycles. The van der Waals surface area contributed by atoms with Crippen LogP contribution in [0.4, 0.5) is 19.0 Å². The highest BCUT2D eigenvalue weighted by Gasteiger charge is 2.38. The first kappa shape index (κ1) is 23.9. The summed E-state index contributed by atoms with van der Waals surface area (Å²) >= 11 is 0. The number of carbonyl (C=O) groups excluding carboxylic acids is 1. The molecule has 0 atom stereocenters. The van der Waals surface area contributed by atoms with E-state index in [4.69, 9.17) is 5.14 Å². The Morgan fingerprint density at radius 3 is 2.32 bits per heavy atom. The van der Waals surface area contributed by atoms with E-state index in [1.165, 1.54) is 6.07 Å². The van der Waals surface area contributed by atoms with Gasteiger partial charge in [-0.3, -0.25) is 4.79 Å². The molecule has 14 heteroatoms. The standard InChI is InChI=1S/C20H22F3N7O3S/c21-20(22,23)19-27-26-16-5-6-17(28-30(16)19)29-9-7-15(8-10-29)18(31)25-11-13-1-3-14(4-2-13)12-34(24,32)33/h1-6,15H,7-12H2,(H,25,31)(H2,24,32,33). The number of fused-ring (bicyclic) bond motifs is 1. The van der Waals surface area contributed by atoms with Gasteiger partial charge in [0.2, 0.25) is 15.9 Å². The van der Waals surface area contributed by atoms with E-state index in [2.05, 4.69) is 20.6 Å². The fourth-order valence-corrected chi connectivity index (χ4v) is 4.47. The summed E-state index contributed by atoms with van der Waals surface area (Å²) in [7, 11) is -3.61. The molecule has 3 aromatic rings. The van der Waals surface area contributed by atoms with Crippen molar-refractivity contribution >= 4 is 27.4 Å². The van der Waals surface area contributed by atoms with Crippen LogP contribution in [0.25, 0.3) is 5.65 Å². The van der Waals surface area contributed by atoms with Crippen LogP contribution in [0.15, 0.2) is 36.4 Å². The van der Waals surface area contributed by atoms with E-state index in [0.717, 1.165) is 5.56 Å². The number of alkyl halides is 3. The summed E-state index contributed by atoms with van der Waals surface area (Å²) in [5.41, 5.74) is 1.38. The molecule has 0 unspecified atom stereocenters. The van der Waals surface area contributed by atoms with Gasteiger partial charge in [0.05, 0.1) is 5.75 Å². The number of carbonyl (C=O) groups is 1. The zero-order chi connectivity index (χ0) is 24.5. The first-order valence-electron chi connectivity index (χ1n) is 10.4. The van der Waals surface area contributed by atoms with E-state index in [-0.39, 0.29) is 23.2 Å². The van der Waals surface area contributed by atoms with Gasteiger partial charge in [-0.2, -0.15) is 17.7 Å². The van der Waals surface area contributed by atoms with Crippen LogP contribution in [-0.4, -0.2) is 47.2 Å². The van der Waals surface area contributed by atoms with Crippen molar-refractivity contribution < 1.29 is 26.4 Å². The Morgan fingerprint density at radius 2 is 1.71 bits per heavy atom. The first-order valence-corrected chi connectivity index (χ1v) is 12.1. The number of rotatable bonds is 6. The molecule has 182 valence electrons. The average molecular weight is 498 g/mol. The van der Waals surface area contributed by atoms with Crippen LogP contribution in [0, 0.1) is 5.92 Å². The van der Waals surface area contributed by atoms with E-state index in [1.54, 1.807) is 30.3 Å². The minimum Gasteiger partial charge on any atom is -0.355 e. The molecule has 1 aliphatic rings. The van der Waals surface area contributed by atoms with Crippen LogP contribution >= 0.6 is 0 Å². The predicted molar refractivity (Wildman–Crippen MR) is 116 cm³/mol. The minimum absolute atomic E-state index is 0.00280. The fourth-order valence-electron chi connectivity index (χ4n) is 3.81. The summed E-state index contributed by atoms with van der Waals surface area (Å²) in [4.78, 5) is 14.4. The number of primary sulfonamides is 1. The highest BCUT2D eigenvalue weighted by atomic mass is 32.2. The number of aromatic nitrogens is 4. The van der Waals surface area contributed by atoms with E-state index in [1.807, 2.05) is 4.90 Å². The second-order valence-corrected chi connectivity index (χ2v) is 9.70. The normalized spacial score (nSPS) is 15.6. The molecule has 1 aliphatic heterocycles. The van der Waals surface area contributed by atoms with Gasteiger partial charge in [0, 0.05) is 25.6 Å². The van der Waals surface area contributed by atoms with E-state index < -0.39 is 22.0 Å². The summed E-state index contributed by atoms with van der Waals surface area (Å²) in [5.74, 6) is -1.43. The number of piperidine rings is 1. The molecule has 1 amide bonds. The maximum atomic E-state index is 13.1. The van der Waals surface area contributed by atoms with Gasteiger partial charge < -0.3 is 10.2 Å². The third-order valence-corrected chi connectivity index (χ3v) is 6.29. The molecule has 1 aromatic carbocycles. The summed E-state index contributed by atoms with van der Waals surface area (Å²) in [6.45, 7) is 1.21. The highest BCUT2D eigenvalue weighted by Crippen LogP contribution is 2.28. The molecular formula is C20H22F3N7O3S. The largest absolute Gasteiger partial charge is 0.453 e. The average Bonchev–Trinajstić information content (AvgIpc) is 3.21. The van der Waals surface area contributed by atoms with Crippen molar-refractivity contribution in [2.75, 3.05) is 18.0 Å². The topological polar surface area (TPSA) is 136 Å². The summed E-state index contributed by atoms with van der Waals surface area (Å²) in [6.07, 6.45) is -3.63. The Labute approximate surface area is 193 Å². The summed E-state index contributed by atoms with van der Waals surface area (Å²) in [6, 6.07) is 9.76. The third-order valence-electron chi connectivity index (χ3n) is 5.55. The van der Waals surface area contributed by atoms with Crippen molar-refractivity contribution in [3.05, 3.63) is 53.3 Å². The number of nitrogens with two attached hydrogens (primary N) is 1. The summed E-state index contributed by atoms with van der Waals surface area (Å²) in [5, 5.41) is 18.6. The highest BCUT2D eigenvalue weighted by molar-refractivity contribution is 7.88. The lowest BCUT2D eigenvalue weighted by atomic mass is 9.96. The number of sulfonamides is 1. The molecule has 0 radical (unpaired) electrons. The molecule has 0 bridgehead atoms. The molecule has 0 saturated carbocycles. The SMILES string of the molecule is NS(=O)(=O)Cc1ccc(CNC(=O)C2CCN(c3ccc4nnc(C(F)(F)F)n4n3)CC2)cc1. The van der Waals surface area contributed by atoms with Gasteiger partial charge in [0.25, 0.3) is 5.82 Å². The smallest absolute Gasteiger partial charge is 0.355 e. The van der Waals surface area contributed by atoms with E-state index >= 15 is 0 Å². The number of halogens is 3. The third kappa shape index (κ3) is 5.62. The molecular weight excluding hydrogens is 475 g/mol. The van der Waals surface area contributed by atoms with Gasteiger partial charge >= 0.3 is 6.18 Å². The second kappa shape index (κ2) is 9.18.